The van der Waals surface area contributed by atoms with Crippen LogP contribution in [-0.4, -0.2) is 23.9 Å². The first-order valence-electron chi connectivity index (χ1n) is 10.2. The van der Waals surface area contributed by atoms with Crippen LogP contribution in [0.1, 0.15) is 33.5 Å². The summed E-state index contributed by atoms with van der Waals surface area (Å²) in [6.45, 7) is 0.797. The molecule has 0 aliphatic carbocycles. The zero-order valence-electron chi connectivity index (χ0n) is 17.9. The number of ketones is 1. The van der Waals surface area contributed by atoms with Gasteiger partial charge in [0.2, 0.25) is 0 Å². The lowest BCUT2D eigenvalue weighted by Crippen LogP contribution is -2.30. The van der Waals surface area contributed by atoms with Gasteiger partial charge in [0.15, 0.2) is 5.78 Å². The van der Waals surface area contributed by atoms with E-state index in [0.717, 1.165) is 16.9 Å². The molecule has 0 aliphatic heterocycles. The molecule has 0 bridgehead atoms. The molecule has 32 heavy (non-hydrogen) atoms. The largest absolute Gasteiger partial charge is 0.497 e. The number of nitriles is 1. The number of rotatable bonds is 9. The highest BCUT2D eigenvalue weighted by Gasteiger charge is 2.17. The molecule has 0 aliphatic rings. The Hall–Kier alpha value is -4.11. The number of benzene rings is 3. The lowest BCUT2D eigenvalue weighted by molar-refractivity contribution is 0.0910. The van der Waals surface area contributed by atoms with Crippen molar-refractivity contribution in [3.63, 3.8) is 0 Å². The van der Waals surface area contributed by atoms with E-state index in [-0.39, 0.29) is 18.8 Å². The molecule has 0 unspecified atom stereocenters. The minimum Gasteiger partial charge on any atom is -0.497 e. The maximum absolute atomic E-state index is 12.9. The molecule has 162 valence electrons. The van der Waals surface area contributed by atoms with E-state index in [1.165, 1.54) is 0 Å². The minimum absolute atomic E-state index is 0.0282. The second kappa shape index (κ2) is 11.3. The first-order valence-corrected chi connectivity index (χ1v) is 10.2. The molecule has 3 rings (SSSR count). The molecule has 3 aromatic carbocycles. The molecular weight excluding hydrogens is 404 g/mol. The van der Waals surface area contributed by atoms with Gasteiger partial charge in [-0.05, 0) is 34.9 Å². The average molecular weight is 428 g/mol. The second-order valence-corrected chi connectivity index (χ2v) is 7.20. The van der Waals surface area contributed by atoms with Gasteiger partial charge in [0.25, 0.3) is 0 Å². The Morgan fingerprint density at radius 3 is 2.19 bits per heavy atom. The van der Waals surface area contributed by atoms with E-state index in [0.29, 0.717) is 24.2 Å². The molecule has 0 heterocycles. The van der Waals surface area contributed by atoms with Crippen LogP contribution in [0.2, 0.25) is 0 Å². The predicted octanol–water partition coefficient (Wildman–Crippen LogP) is 5.13. The molecular formula is C26H24N2O4. The third kappa shape index (κ3) is 6.44. The van der Waals surface area contributed by atoms with E-state index >= 15 is 0 Å². The Balaban J connectivity index is 1.71. The van der Waals surface area contributed by atoms with Crippen molar-refractivity contribution in [1.82, 2.24) is 4.90 Å². The van der Waals surface area contributed by atoms with Crippen molar-refractivity contribution in [1.29, 1.82) is 5.26 Å². The molecule has 6 heteroatoms. The Kier molecular flexibility index (Phi) is 7.99. The van der Waals surface area contributed by atoms with E-state index in [1.54, 1.807) is 36.3 Å². The number of nitrogens with zero attached hydrogens (tertiary/aromatic N) is 2. The fraction of sp³-hybridized carbons (Fsp3) is 0.192. The Labute approximate surface area is 187 Å². The molecule has 6 nitrogen and oxygen atoms in total. The Morgan fingerprint density at radius 2 is 1.53 bits per heavy atom. The third-order valence-electron chi connectivity index (χ3n) is 4.86. The van der Waals surface area contributed by atoms with Crippen molar-refractivity contribution in [3.8, 4) is 11.8 Å². The molecule has 0 atom stereocenters. The van der Waals surface area contributed by atoms with Gasteiger partial charge in [-0.2, -0.15) is 5.26 Å². The number of ether oxygens (including phenoxy) is 2. The summed E-state index contributed by atoms with van der Waals surface area (Å²) in [5.74, 6) is 0.489. The van der Waals surface area contributed by atoms with Gasteiger partial charge >= 0.3 is 6.09 Å². The fourth-order valence-electron chi connectivity index (χ4n) is 3.18. The summed E-state index contributed by atoms with van der Waals surface area (Å²) in [5.41, 5.74) is 3.05. The first kappa shape index (κ1) is 22.6. The molecule has 0 N–H and O–H groups in total. The van der Waals surface area contributed by atoms with Crippen molar-refractivity contribution in [3.05, 3.63) is 101 Å². The maximum Gasteiger partial charge on any atom is 0.410 e. The van der Waals surface area contributed by atoms with Crippen LogP contribution in [0.25, 0.3) is 0 Å². The van der Waals surface area contributed by atoms with E-state index in [4.69, 9.17) is 14.7 Å². The van der Waals surface area contributed by atoms with Gasteiger partial charge in [-0.15, -0.1) is 0 Å². The van der Waals surface area contributed by atoms with Gasteiger partial charge in [-0.25, -0.2) is 4.79 Å². The van der Waals surface area contributed by atoms with Crippen LogP contribution >= 0.6 is 0 Å². The SMILES string of the molecule is COc1ccc(CN(Cc2ccccc2)C(=O)OCc2cccc(C(=O)CC#N)c2)cc1. The van der Waals surface area contributed by atoms with Crippen LogP contribution < -0.4 is 4.74 Å². The van der Waals surface area contributed by atoms with Crippen LogP contribution in [0.5, 0.6) is 5.75 Å². The fourth-order valence-corrected chi connectivity index (χ4v) is 3.18. The highest BCUT2D eigenvalue weighted by atomic mass is 16.6. The molecule has 0 saturated carbocycles. The number of amides is 1. The molecule has 0 fully saturated rings. The van der Waals surface area contributed by atoms with Crippen molar-refractivity contribution in [2.45, 2.75) is 26.1 Å². The third-order valence-corrected chi connectivity index (χ3v) is 4.86. The van der Waals surface area contributed by atoms with Gasteiger partial charge in [0.1, 0.15) is 12.4 Å². The van der Waals surface area contributed by atoms with Gasteiger partial charge in [0.05, 0.1) is 19.6 Å². The number of carbonyl (C=O) groups excluding carboxylic acids is 2. The Bertz CT molecular complexity index is 1090. The zero-order chi connectivity index (χ0) is 22.8. The quantitative estimate of drug-likeness (QED) is 0.442. The van der Waals surface area contributed by atoms with Crippen LogP contribution in [0.4, 0.5) is 4.79 Å². The van der Waals surface area contributed by atoms with Gasteiger partial charge in [-0.3, -0.25) is 9.69 Å². The minimum atomic E-state index is -0.460. The average Bonchev–Trinajstić information content (AvgIpc) is 2.83. The van der Waals surface area contributed by atoms with E-state index in [1.807, 2.05) is 60.7 Å². The van der Waals surface area contributed by atoms with Crippen LogP contribution in [-0.2, 0) is 24.4 Å². The summed E-state index contributed by atoms with van der Waals surface area (Å²) >= 11 is 0. The van der Waals surface area contributed by atoms with E-state index in [9.17, 15) is 9.59 Å². The number of hydrogen-bond acceptors (Lipinski definition) is 5. The standard InChI is InChI=1S/C26H24N2O4/c1-31-24-12-10-21(11-13-24)18-28(17-20-6-3-2-4-7-20)26(30)32-19-22-8-5-9-23(16-22)25(29)14-15-27/h2-13,16H,14,17-19H2,1H3. The molecule has 0 saturated heterocycles. The molecule has 0 radical (unpaired) electrons. The lowest BCUT2D eigenvalue weighted by atomic mass is 10.1. The highest BCUT2D eigenvalue weighted by Crippen LogP contribution is 2.17. The summed E-state index contributed by atoms with van der Waals surface area (Å²) in [4.78, 5) is 26.5. The van der Waals surface area contributed by atoms with Crippen molar-refractivity contribution >= 4 is 11.9 Å². The second-order valence-electron chi connectivity index (χ2n) is 7.20. The maximum atomic E-state index is 12.9. The first-order chi connectivity index (χ1) is 15.6. The van der Waals surface area contributed by atoms with Crippen molar-refractivity contribution < 1.29 is 19.1 Å². The number of carbonyl (C=O) groups is 2. The summed E-state index contributed by atoms with van der Waals surface area (Å²) in [6, 6.07) is 25.9. The van der Waals surface area contributed by atoms with Crippen LogP contribution in [0.3, 0.4) is 0 Å². The number of Topliss-reactive ketones (excluding diaryl/α,β-unsaturated/α-hetero) is 1. The number of hydrogen-bond donors (Lipinski definition) is 0. The van der Waals surface area contributed by atoms with Crippen molar-refractivity contribution in [2.75, 3.05) is 7.11 Å². The van der Waals surface area contributed by atoms with Gasteiger partial charge in [0, 0.05) is 18.7 Å². The van der Waals surface area contributed by atoms with Crippen LogP contribution in [0.15, 0.2) is 78.9 Å². The number of methoxy groups -OCH3 is 1. The normalized spacial score (nSPS) is 10.1. The summed E-state index contributed by atoms with van der Waals surface area (Å²) in [5, 5.41) is 8.72. The van der Waals surface area contributed by atoms with Crippen LogP contribution in [0, 0.1) is 11.3 Å². The molecule has 3 aromatic rings. The topological polar surface area (TPSA) is 79.6 Å². The summed E-state index contributed by atoms with van der Waals surface area (Å²) in [6.07, 6.45) is -0.644. The Morgan fingerprint density at radius 1 is 0.875 bits per heavy atom. The molecule has 0 aromatic heterocycles. The smallest absolute Gasteiger partial charge is 0.410 e. The molecule has 0 spiro atoms. The molecule has 1 amide bonds. The predicted molar refractivity (Wildman–Crippen MR) is 120 cm³/mol. The lowest BCUT2D eigenvalue weighted by Gasteiger charge is -2.23. The van der Waals surface area contributed by atoms with Gasteiger partial charge < -0.3 is 9.47 Å². The summed E-state index contributed by atoms with van der Waals surface area (Å²) < 4.78 is 10.8. The van der Waals surface area contributed by atoms with E-state index in [2.05, 4.69) is 0 Å². The van der Waals surface area contributed by atoms with Crippen molar-refractivity contribution in [2.24, 2.45) is 0 Å². The van der Waals surface area contributed by atoms with Gasteiger partial charge in [-0.1, -0.05) is 60.7 Å². The van der Waals surface area contributed by atoms with E-state index < -0.39 is 6.09 Å². The highest BCUT2D eigenvalue weighted by molar-refractivity contribution is 5.97. The summed E-state index contributed by atoms with van der Waals surface area (Å²) in [7, 11) is 1.61. The zero-order valence-corrected chi connectivity index (χ0v) is 17.9. The monoisotopic (exact) mass is 428 g/mol.